The number of carboxylic acid groups (broad SMARTS) is 1. The average Bonchev–Trinajstić information content (AvgIpc) is 2.31. The van der Waals surface area contributed by atoms with E-state index in [4.69, 9.17) is 5.11 Å². The van der Waals surface area contributed by atoms with Gasteiger partial charge in [0.05, 0.1) is 24.0 Å². The van der Waals surface area contributed by atoms with Crippen molar-refractivity contribution in [3.8, 4) is 0 Å². The van der Waals surface area contributed by atoms with Gasteiger partial charge in [-0.1, -0.05) is 6.08 Å². The lowest BCUT2D eigenvalue weighted by Crippen LogP contribution is -2.29. The Balaban J connectivity index is 2.45. The topological polar surface area (TPSA) is 91.3 Å². The Morgan fingerprint density at radius 1 is 1.44 bits per heavy atom. The van der Waals surface area contributed by atoms with Crippen LogP contribution in [0.4, 0.5) is 10.5 Å². The highest BCUT2D eigenvalue weighted by atomic mass is 16.4. The molecule has 0 radical (unpaired) electrons. The number of pyridine rings is 1. The Hall–Kier alpha value is -2.37. The van der Waals surface area contributed by atoms with Crippen LogP contribution in [0.1, 0.15) is 12.1 Å². The molecule has 1 rings (SSSR count). The summed E-state index contributed by atoms with van der Waals surface area (Å²) in [6.45, 7) is 4.06. The van der Waals surface area contributed by atoms with E-state index in [1.54, 1.807) is 18.2 Å². The highest BCUT2D eigenvalue weighted by Crippen LogP contribution is 2.06. The molecule has 0 aliphatic rings. The van der Waals surface area contributed by atoms with Crippen LogP contribution < -0.4 is 10.6 Å². The molecule has 1 aromatic rings. The van der Waals surface area contributed by atoms with E-state index in [-0.39, 0.29) is 12.5 Å². The smallest absolute Gasteiger partial charge is 0.319 e. The molecule has 6 heteroatoms. The predicted molar refractivity (Wildman–Crippen MR) is 67.4 cm³/mol. The molecule has 0 aliphatic heterocycles. The van der Waals surface area contributed by atoms with Crippen molar-refractivity contribution < 1.29 is 14.7 Å². The molecule has 0 aromatic carbocycles. The quantitative estimate of drug-likeness (QED) is 0.525. The number of aliphatic carboxylic acids is 1. The maximum atomic E-state index is 11.4. The van der Waals surface area contributed by atoms with Crippen LogP contribution in [0.5, 0.6) is 0 Å². The number of rotatable bonds is 6. The van der Waals surface area contributed by atoms with Gasteiger partial charge in [0.2, 0.25) is 0 Å². The van der Waals surface area contributed by atoms with Crippen molar-refractivity contribution in [3.63, 3.8) is 0 Å². The molecule has 6 nitrogen and oxygen atoms in total. The maximum Gasteiger partial charge on any atom is 0.319 e. The van der Waals surface area contributed by atoms with Crippen LogP contribution in [0.25, 0.3) is 0 Å². The van der Waals surface area contributed by atoms with Gasteiger partial charge in [0.25, 0.3) is 0 Å². The molecule has 2 amide bonds. The largest absolute Gasteiger partial charge is 0.481 e. The summed E-state index contributed by atoms with van der Waals surface area (Å²) in [6, 6.07) is 2.84. The van der Waals surface area contributed by atoms with Crippen LogP contribution in [0, 0.1) is 0 Å². The summed E-state index contributed by atoms with van der Waals surface area (Å²) < 4.78 is 0. The zero-order valence-corrected chi connectivity index (χ0v) is 9.85. The fraction of sp³-hybridized carbons (Fsp3) is 0.250. The normalized spacial score (nSPS) is 9.56. The van der Waals surface area contributed by atoms with E-state index >= 15 is 0 Å². The fourth-order valence-corrected chi connectivity index (χ4v) is 1.22. The molecule has 0 aliphatic carbocycles. The van der Waals surface area contributed by atoms with E-state index in [0.717, 1.165) is 0 Å². The summed E-state index contributed by atoms with van der Waals surface area (Å²) in [4.78, 5) is 25.8. The van der Waals surface area contributed by atoms with E-state index in [0.29, 0.717) is 24.3 Å². The van der Waals surface area contributed by atoms with E-state index in [9.17, 15) is 9.59 Å². The third-order valence-corrected chi connectivity index (χ3v) is 2.05. The lowest BCUT2D eigenvalue weighted by Gasteiger charge is -2.06. The van der Waals surface area contributed by atoms with Crippen molar-refractivity contribution in [1.29, 1.82) is 0 Å². The first-order valence-corrected chi connectivity index (χ1v) is 5.44. The zero-order valence-electron chi connectivity index (χ0n) is 9.85. The number of aromatic nitrogens is 1. The van der Waals surface area contributed by atoms with Gasteiger partial charge in [-0.3, -0.25) is 9.78 Å². The van der Waals surface area contributed by atoms with Gasteiger partial charge in [0.15, 0.2) is 0 Å². The number of nitrogens with zero attached hydrogens (tertiary/aromatic N) is 1. The molecule has 0 bridgehead atoms. The zero-order chi connectivity index (χ0) is 13.4. The van der Waals surface area contributed by atoms with E-state index in [2.05, 4.69) is 22.2 Å². The van der Waals surface area contributed by atoms with Crippen molar-refractivity contribution >= 4 is 17.7 Å². The Morgan fingerprint density at radius 3 is 2.78 bits per heavy atom. The molecule has 3 N–H and O–H groups in total. The molecular formula is C12H15N3O3. The van der Waals surface area contributed by atoms with E-state index < -0.39 is 5.97 Å². The van der Waals surface area contributed by atoms with Crippen LogP contribution >= 0.6 is 0 Å². The SMILES string of the molecule is C=CCCNC(=O)Nc1ccc(CC(=O)O)nc1. The molecule has 0 fully saturated rings. The molecule has 1 heterocycles. The molecule has 1 aromatic heterocycles. The van der Waals surface area contributed by atoms with Gasteiger partial charge in [-0.25, -0.2) is 4.79 Å². The van der Waals surface area contributed by atoms with Gasteiger partial charge >= 0.3 is 12.0 Å². The number of amides is 2. The monoisotopic (exact) mass is 249 g/mol. The van der Waals surface area contributed by atoms with Crippen molar-refractivity contribution in [2.75, 3.05) is 11.9 Å². The van der Waals surface area contributed by atoms with Gasteiger partial charge in [0.1, 0.15) is 0 Å². The second-order valence-corrected chi connectivity index (χ2v) is 3.57. The first-order chi connectivity index (χ1) is 8.61. The summed E-state index contributed by atoms with van der Waals surface area (Å²) in [7, 11) is 0. The second kappa shape index (κ2) is 7.05. The molecular weight excluding hydrogens is 234 g/mol. The second-order valence-electron chi connectivity index (χ2n) is 3.57. The molecule has 0 saturated heterocycles. The van der Waals surface area contributed by atoms with Crippen molar-refractivity contribution in [3.05, 3.63) is 36.7 Å². The predicted octanol–water partition coefficient (Wildman–Crippen LogP) is 1.41. The number of urea groups is 1. The highest BCUT2D eigenvalue weighted by Gasteiger charge is 2.03. The standard InChI is InChI=1S/C12H15N3O3/c1-2-3-6-13-12(18)15-10-5-4-9(14-8-10)7-11(16)17/h2,4-5,8H,1,3,6-7H2,(H,16,17)(H2,13,15,18). The van der Waals surface area contributed by atoms with Crippen molar-refractivity contribution in [2.45, 2.75) is 12.8 Å². The summed E-state index contributed by atoms with van der Waals surface area (Å²) in [5.41, 5.74) is 0.959. The molecule has 0 saturated carbocycles. The fourth-order valence-electron chi connectivity index (χ4n) is 1.22. The number of hydrogen-bond donors (Lipinski definition) is 3. The Bertz CT molecular complexity index is 429. The molecule has 0 atom stereocenters. The maximum absolute atomic E-state index is 11.4. The van der Waals surface area contributed by atoms with Crippen LogP contribution in [-0.2, 0) is 11.2 Å². The number of anilines is 1. The van der Waals surface area contributed by atoms with Crippen LogP contribution in [0.2, 0.25) is 0 Å². The van der Waals surface area contributed by atoms with Gasteiger partial charge in [-0.05, 0) is 18.6 Å². The summed E-state index contributed by atoms with van der Waals surface area (Å²) in [5, 5.41) is 13.8. The van der Waals surface area contributed by atoms with Crippen LogP contribution in [0.3, 0.4) is 0 Å². The van der Waals surface area contributed by atoms with Gasteiger partial charge in [0, 0.05) is 6.54 Å². The number of carbonyl (C=O) groups excluding carboxylic acids is 1. The minimum atomic E-state index is -0.939. The lowest BCUT2D eigenvalue weighted by molar-refractivity contribution is -0.136. The van der Waals surface area contributed by atoms with E-state index in [1.807, 2.05) is 0 Å². The van der Waals surface area contributed by atoms with Gasteiger partial charge < -0.3 is 15.7 Å². The Labute approximate surface area is 105 Å². The van der Waals surface area contributed by atoms with Gasteiger partial charge in [-0.2, -0.15) is 0 Å². The minimum absolute atomic E-state index is 0.133. The summed E-state index contributed by atoms with van der Waals surface area (Å²) in [6.07, 6.45) is 3.70. The molecule has 0 unspecified atom stereocenters. The Morgan fingerprint density at radius 2 is 2.22 bits per heavy atom. The molecule has 96 valence electrons. The van der Waals surface area contributed by atoms with Crippen LogP contribution in [-0.4, -0.2) is 28.6 Å². The number of carbonyl (C=O) groups is 2. The number of carboxylic acids is 1. The third kappa shape index (κ3) is 5.11. The van der Waals surface area contributed by atoms with Crippen molar-refractivity contribution in [2.24, 2.45) is 0 Å². The number of hydrogen-bond acceptors (Lipinski definition) is 3. The molecule has 18 heavy (non-hydrogen) atoms. The molecule has 0 spiro atoms. The van der Waals surface area contributed by atoms with E-state index in [1.165, 1.54) is 6.20 Å². The Kier molecular flexibility index (Phi) is 5.37. The van der Waals surface area contributed by atoms with Gasteiger partial charge in [-0.15, -0.1) is 6.58 Å². The summed E-state index contributed by atoms with van der Waals surface area (Å²) >= 11 is 0. The highest BCUT2D eigenvalue weighted by molar-refractivity contribution is 5.89. The first-order valence-electron chi connectivity index (χ1n) is 5.44. The van der Waals surface area contributed by atoms with Crippen molar-refractivity contribution in [1.82, 2.24) is 10.3 Å². The third-order valence-electron chi connectivity index (χ3n) is 2.05. The number of nitrogens with one attached hydrogen (secondary N) is 2. The lowest BCUT2D eigenvalue weighted by atomic mass is 10.2. The minimum Gasteiger partial charge on any atom is -0.481 e. The van der Waals surface area contributed by atoms with Crippen LogP contribution in [0.15, 0.2) is 31.0 Å². The summed E-state index contributed by atoms with van der Waals surface area (Å²) in [5.74, 6) is -0.939. The first kappa shape index (κ1) is 13.7. The average molecular weight is 249 g/mol.